The van der Waals surface area contributed by atoms with Crippen molar-refractivity contribution in [2.75, 3.05) is 32.7 Å². The van der Waals surface area contributed by atoms with Crippen LogP contribution in [-0.2, 0) is 0 Å². The highest BCUT2D eigenvalue weighted by atomic mass is 15.2. The van der Waals surface area contributed by atoms with Gasteiger partial charge in [0.1, 0.15) is 0 Å². The van der Waals surface area contributed by atoms with Gasteiger partial charge in [-0.2, -0.15) is 0 Å². The molecule has 3 nitrogen and oxygen atoms in total. The minimum Gasteiger partial charge on any atom is -0.314 e. The van der Waals surface area contributed by atoms with Gasteiger partial charge in [-0.3, -0.25) is 4.90 Å². The number of piperazine rings is 1. The maximum absolute atomic E-state index is 3.86. The highest BCUT2D eigenvalue weighted by Gasteiger charge is 2.28. The molecule has 1 saturated carbocycles. The van der Waals surface area contributed by atoms with E-state index >= 15 is 0 Å². The Morgan fingerprint density at radius 2 is 1.84 bits per heavy atom. The first-order valence-corrected chi connectivity index (χ1v) is 8.27. The van der Waals surface area contributed by atoms with Crippen LogP contribution in [0, 0.1) is 5.92 Å². The first-order valence-electron chi connectivity index (χ1n) is 8.27. The van der Waals surface area contributed by atoms with Crippen molar-refractivity contribution in [2.45, 2.75) is 64.5 Å². The molecule has 1 aliphatic heterocycles. The fraction of sp³-hybridized carbons (Fsp3) is 1.00. The smallest absolute Gasteiger partial charge is 0.0278 e. The van der Waals surface area contributed by atoms with E-state index in [2.05, 4.69) is 36.3 Å². The van der Waals surface area contributed by atoms with Gasteiger partial charge >= 0.3 is 0 Å². The van der Waals surface area contributed by atoms with Crippen molar-refractivity contribution in [1.29, 1.82) is 0 Å². The molecule has 3 heteroatoms. The van der Waals surface area contributed by atoms with Gasteiger partial charge in [0.05, 0.1) is 0 Å². The summed E-state index contributed by atoms with van der Waals surface area (Å²) < 4.78 is 0. The Labute approximate surface area is 119 Å². The molecule has 2 N–H and O–H groups in total. The summed E-state index contributed by atoms with van der Waals surface area (Å²) in [5, 5.41) is 7.30. The molecule has 19 heavy (non-hydrogen) atoms. The highest BCUT2D eigenvalue weighted by molar-refractivity contribution is 4.88. The second kappa shape index (κ2) is 7.05. The number of hydrogen-bond acceptors (Lipinski definition) is 3. The highest BCUT2D eigenvalue weighted by Crippen LogP contribution is 2.23. The molecule has 0 spiro atoms. The summed E-state index contributed by atoms with van der Waals surface area (Å²) in [4.78, 5) is 2.63. The summed E-state index contributed by atoms with van der Waals surface area (Å²) in [6.45, 7) is 13.0. The monoisotopic (exact) mass is 267 g/mol. The number of nitrogens with one attached hydrogen (secondary N) is 2. The van der Waals surface area contributed by atoms with E-state index in [1.165, 1.54) is 45.2 Å². The molecule has 1 heterocycles. The number of nitrogens with zero attached hydrogens (tertiary/aromatic N) is 1. The SMILES string of the molecule is CC1CCCC(NCC(C)(C)N2CCNCC2)CC1. The van der Waals surface area contributed by atoms with Crippen LogP contribution in [0.25, 0.3) is 0 Å². The molecule has 0 amide bonds. The van der Waals surface area contributed by atoms with Crippen molar-refractivity contribution in [3.05, 3.63) is 0 Å². The van der Waals surface area contributed by atoms with Gasteiger partial charge in [0, 0.05) is 44.3 Å². The molecule has 2 aliphatic rings. The molecule has 0 aromatic rings. The predicted octanol–water partition coefficient (Wildman–Crippen LogP) is 2.23. The summed E-state index contributed by atoms with van der Waals surface area (Å²) in [5.41, 5.74) is 0.292. The zero-order valence-electron chi connectivity index (χ0n) is 13.2. The molecule has 2 rings (SSSR count). The lowest BCUT2D eigenvalue weighted by atomic mass is 9.99. The maximum atomic E-state index is 3.86. The average molecular weight is 267 g/mol. The van der Waals surface area contributed by atoms with Crippen LogP contribution >= 0.6 is 0 Å². The second-order valence-electron chi connectivity index (χ2n) is 7.24. The van der Waals surface area contributed by atoms with Crippen LogP contribution in [-0.4, -0.2) is 49.2 Å². The van der Waals surface area contributed by atoms with Gasteiger partial charge in [-0.05, 0) is 39.0 Å². The van der Waals surface area contributed by atoms with Crippen LogP contribution in [0.2, 0.25) is 0 Å². The van der Waals surface area contributed by atoms with Gasteiger partial charge in [0.2, 0.25) is 0 Å². The van der Waals surface area contributed by atoms with Crippen molar-refractivity contribution in [1.82, 2.24) is 15.5 Å². The molecule has 0 aromatic heterocycles. The molecule has 2 atom stereocenters. The minimum atomic E-state index is 0.292. The van der Waals surface area contributed by atoms with E-state index < -0.39 is 0 Å². The first kappa shape index (κ1) is 15.3. The van der Waals surface area contributed by atoms with E-state index in [1.807, 2.05) is 0 Å². The molecule has 2 fully saturated rings. The lowest BCUT2D eigenvalue weighted by molar-refractivity contribution is 0.0986. The van der Waals surface area contributed by atoms with E-state index in [0.717, 1.165) is 31.6 Å². The second-order valence-corrected chi connectivity index (χ2v) is 7.24. The molecule has 112 valence electrons. The lowest BCUT2D eigenvalue weighted by Gasteiger charge is -2.42. The van der Waals surface area contributed by atoms with Crippen LogP contribution in [0.1, 0.15) is 52.9 Å². The van der Waals surface area contributed by atoms with Crippen LogP contribution in [0.15, 0.2) is 0 Å². The average Bonchev–Trinajstić information content (AvgIpc) is 2.62. The normalized spacial score (nSPS) is 31.1. The fourth-order valence-electron chi connectivity index (χ4n) is 3.47. The first-order chi connectivity index (χ1) is 9.08. The Morgan fingerprint density at radius 1 is 1.11 bits per heavy atom. The van der Waals surface area contributed by atoms with E-state index in [1.54, 1.807) is 0 Å². The molecule has 0 radical (unpaired) electrons. The summed E-state index contributed by atoms with van der Waals surface area (Å²) in [5.74, 6) is 0.938. The topological polar surface area (TPSA) is 27.3 Å². The van der Waals surface area contributed by atoms with E-state index in [-0.39, 0.29) is 0 Å². The van der Waals surface area contributed by atoms with Crippen molar-refractivity contribution < 1.29 is 0 Å². The van der Waals surface area contributed by atoms with Crippen LogP contribution < -0.4 is 10.6 Å². The van der Waals surface area contributed by atoms with E-state index in [9.17, 15) is 0 Å². The zero-order valence-corrected chi connectivity index (χ0v) is 13.2. The standard InChI is InChI=1S/C16H33N3/c1-14-5-4-6-15(8-7-14)18-13-16(2,3)19-11-9-17-10-12-19/h14-15,17-18H,4-13H2,1-3H3. The molecular formula is C16H33N3. The number of hydrogen-bond donors (Lipinski definition) is 2. The lowest BCUT2D eigenvalue weighted by Crippen LogP contribution is -2.58. The third-order valence-electron chi connectivity index (χ3n) is 5.05. The Kier molecular flexibility index (Phi) is 5.67. The molecular weight excluding hydrogens is 234 g/mol. The minimum absolute atomic E-state index is 0.292. The van der Waals surface area contributed by atoms with Crippen molar-refractivity contribution in [2.24, 2.45) is 5.92 Å². The Morgan fingerprint density at radius 3 is 2.58 bits per heavy atom. The Bertz CT molecular complexity index is 259. The van der Waals surface area contributed by atoms with Gasteiger partial charge in [-0.25, -0.2) is 0 Å². The molecule has 0 bridgehead atoms. The molecule has 0 aromatic carbocycles. The Hall–Kier alpha value is -0.120. The van der Waals surface area contributed by atoms with E-state index in [0.29, 0.717) is 5.54 Å². The van der Waals surface area contributed by atoms with Gasteiger partial charge in [-0.1, -0.05) is 19.8 Å². The summed E-state index contributed by atoms with van der Waals surface area (Å²) >= 11 is 0. The predicted molar refractivity (Wildman–Crippen MR) is 82.6 cm³/mol. The van der Waals surface area contributed by atoms with E-state index in [4.69, 9.17) is 0 Å². The molecule has 1 saturated heterocycles. The zero-order chi connectivity index (χ0) is 13.7. The summed E-state index contributed by atoms with van der Waals surface area (Å²) in [6, 6.07) is 0.757. The molecule has 2 unspecified atom stereocenters. The van der Waals surface area contributed by atoms with Crippen LogP contribution in [0.4, 0.5) is 0 Å². The van der Waals surface area contributed by atoms with Crippen molar-refractivity contribution in [3.8, 4) is 0 Å². The summed E-state index contributed by atoms with van der Waals surface area (Å²) in [7, 11) is 0. The fourth-order valence-corrected chi connectivity index (χ4v) is 3.47. The molecule has 1 aliphatic carbocycles. The van der Waals surface area contributed by atoms with Gasteiger partial charge in [0.15, 0.2) is 0 Å². The van der Waals surface area contributed by atoms with Crippen molar-refractivity contribution in [3.63, 3.8) is 0 Å². The largest absolute Gasteiger partial charge is 0.314 e. The third kappa shape index (κ3) is 4.73. The Balaban J connectivity index is 1.76. The van der Waals surface area contributed by atoms with Gasteiger partial charge in [0.25, 0.3) is 0 Å². The quantitative estimate of drug-likeness (QED) is 0.765. The van der Waals surface area contributed by atoms with Crippen molar-refractivity contribution >= 4 is 0 Å². The van der Waals surface area contributed by atoms with Crippen LogP contribution in [0.3, 0.4) is 0 Å². The third-order valence-corrected chi connectivity index (χ3v) is 5.05. The number of rotatable bonds is 4. The van der Waals surface area contributed by atoms with Crippen LogP contribution in [0.5, 0.6) is 0 Å². The maximum Gasteiger partial charge on any atom is 0.0278 e. The summed E-state index contributed by atoms with van der Waals surface area (Å²) in [6.07, 6.45) is 7.00. The van der Waals surface area contributed by atoms with Gasteiger partial charge in [-0.15, -0.1) is 0 Å². The van der Waals surface area contributed by atoms with Gasteiger partial charge < -0.3 is 10.6 Å².